The van der Waals surface area contributed by atoms with Gasteiger partial charge in [0.2, 0.25) is 0 Å². The van der Waals surface area contributed by atoms with Crippen molar-refractivity contribution in [3.05, 3.63) is 109 Å². The highest BCUT2D eigenvalue weighted by molar-refractivity contribution is 5.64. The van der Waals surface area contributed by atoms with Crippen LogP contribution in [0.25, 0.3) is 34.9 Å². The second-order valence-electron chi connectivity index (χ2n) is 6.10. The van der Waals surface area contributed by atoms with Gasteiger partial charge in [0.25, 0.3) is 0 Å². The summed E-state index contributed by atoms with van der Waals surface area (Å²) in [4.78, 5) is 17.5. The van der Waals surface area contributed by atoms with Crippen molar-refractivity contribution in [2.75, 3.05) is 0 Å². The standard InChI is InChI=1S/C24H18N4/c1(7-19-11-15-27-23(17-19)21-9-3-5-13-25-21)2-8-20-12-16-28-24(18-20)22-10-4-6-14-26-22/h1-18H/b7-1+,8-2+. The van der Waals surface area contributed by atoms with E-state index in [-0.39, 0.29) is 0 Å². The van der Waals surface area contributed by atoms with Crippen LogP contribution in [0.2, 0.25) is 0 Å². The average Bonchev–Trinajstić information content (AvgIpc) is 2.78. The zero-order valence-corrected chi connectivity index (χ0v) is 15.2. The second kappa shape index (κ2) is 8.64. The normalized spacial score (nSPS) is 11.3. The maximum absolute atomic E-state index is 4.40. The van der Waals surface area contributed by atoms with Gasteiger partial charge < -0.3 is 0 Å². The first-order chi connectivity index (χ1) is 13.9. The van der Waals surface area contributed by atoms with Crippen LogP contribution in [0.5, 0.6) is 0 Å². The molecule has 0 atom stereocenters. The summed E-state index contributed by atoms with van der Waals surface area (Å²) in [6.07, 6.45) is 15.3. The Labute approximate surface area is 164 Å². The Bertz CT molecular complexity index is 1010. The summed E-state index contributed by atoms with van der Waals surface area (Å²) in [6.45, 7) is 0. The molecule has 4 aromatic heterocycles. The van der Waals surface area contributed by atoms with E-state index in [1.807, 2.05) is 85.0 Å². The molecular formula is C24H18N4. The lowest BCUT2D eigenvalue weighted by molar-refractivity contribution is 1.24. The molecule has 0 spiro atoms. The summed E-state index contributed by atoms with van der Waals surface area (Å²) in [5.41, 5.74) is 5.61. The van der Waals surface area contributed by atoms with Crippen molar-refractivity contribution in [3.63, 3.8) is 0 Å². The minimum absolute atomic E-state index is 0.862. The molecule has 4 rings (SSSR count). The van der Waals surface area contributed by atoms with Gasteiger partial charge in [-0.3, -0.25) is 19.9 Å². The quantitative estimate of drug-likeness (QED) is 0.450. The zero-order chi connectivity index (χ0) is 19.0. The van der Waals surface area contributed by atoms with Crippen molar-refractivity contribution in [1.29, 1.82) is 0 Å². The molecule has 0 aliphatic heterocycles. The summed E-state index contributed by atoms with van der Waals surface area (Å²) >= 11 is 0. The number of allylic oxidation sites excluding steroid dienone is 2. The van der Waals surface area contributed by atoms with Crippen molar-refractivity contribution in [3.8, 4) is 22.8 Å². The summed E-state index contributed by atoms with van der Waals surface area (Å²) in [6, 6.07) is 19.6. The van der Waals surface area contributed by atoms with E-state index in [2.05, 4.69) is 19.9 Å². The zero-order valence-electron chi connectivity index (χ0n) is 15.2. The molecule has 0 fully saturated rings. The van der Waals surface area contributed by atoms with E-state index in [0.29, 0.717) is 0 Å². The topological polar surface area (TPSA) is 51.6 Å². The number of aromatic nitrogens is 4. The van der Waals surface area contributed by atoms with Crippen LogP contribution >= 0.6 is 0 Å². The van der Waals surface area contributed by atoms with Gasteiger partial charge in [-0.2, -0.15) is 0 Å². The highest BCUT2D eigenvalue weighted by atomic mass is 14.8. The molecule has 0 unspecified atom stereocenters. The average molecular weight is 362 g/mol. The molecule has 0 saturated carbocycles. The lowest BCUT2D eigenvalue weighted by atomic mass is 10.1. The van der Waals surface area contributed by atoms with E-state index in [0.717, 1.165) is 33.9 Å². The molecule has 4 heteroatoms. The molecule has 134 valence electrons. The number of rotatable bonds is 5. The van der Waals surface area contributed by atoms with Gasteiger partial charge in [-0.25, -0.2) is 0 Å². The van der Waals surface area contributed by atoms with Crippen LogP contribution in [0.4, 0.5) is 0 Å². The smallest absolute Gasteiger partial charge is 0.0892 e. The van der Waals surface area contributed by atoms with Gasteiger partial charge in [-0.15, -0.1) is 0 Å². The Morgan fingerprint density at radius 1 is 0.464 bits per heavy atom. The lowest BCUT2D eigenvalue weighted by Crippen LogP contribution is -1.87. The van der Waals surface area contributed by atoms with Crippen LogP contribution in [0.1, 0.15) is 11.1 Å². The van der Waals surface area contributed by atoms with E-state index in [9.17, 15) is 0 Å². The minimum Gasteiger partial charge on any atom is -0.255 e. The fraction of sp³-hybridized carbons (Fsp3) is 0. The fourth-order valence-electron chi connectivity index (χ4n) is 2.74. The lowest BCUT2D eigenvalue weighted by Gasteiger charge is -2.01. The number of hydrogen-bond donors (Lipinski definition) is 0. The van der Waals surface area contributed by atoms with Crippen LogP contribution < -0.4 is 0 Å². The van der Waals surface area contributed by atoms with Crippen molar-refractivity contribution in [2.24, 2.45) is 0 Å². The molecule has 4 nitrogen and oxygen atoms in total. The first-order valence-electron chi connectivity index (χ1n) is 8.98. The molecule has 0 bridgehead atoms. The third-order valence-corrected chi connectivity index (χ3v) is 4.11. The van der Waals surface area contributed by atoms with Gasteiger partial charge >= 0.3 is 0 Å². The van der Waals surface area contributed by atoms with Crippen molar-refractivity contribution in [2.45, 2.75) is 0 Å². The minimum atomic E-state index is 0.862. The van der Waals surface area contributed by atoms with Crippen LogP contribution in [-0.4, -0.2) is 19.9 Å². The van der Waals surface area contributed by atoms with Gasteiger partial charge in [0.05, 0.1) is 22.8 Å². The summed E-state index contributed by atoms with van der Waals surface area (Å²) in [5, 5.41) is 0. The van der Waals surface area contributed by atoms with E-state index in [1.165, 1.54) is 0 Å². The molecule has 28 heavy (non-hydrogen) atoms. The largest absolute Gasteiger partial charge is 0.255 e. The molecule has 0 aliphatic carbocycles. The monoisotopic (exact) mass is 362 g/mol. The van der Waals surface area contributed by atoms with E-state index in [4.69, 9.17) is 0 Å². The Morgan fingerprint density at radius 3 is 1.36 bits per heavy atom. The van der Waals surface area contributed by atoms with Gasteiger partial charge in [0.15, 0.2) is 0 Å². The molecular weight excluding hydrogens is 344 g/mol. The van der Waals surface area contributed by atoms with E-state index >= 15 is 0 Å². The Morgan fingerprint density at radius 2 is 0.929 bits per heavy atom. The van der Waals surface area contributed by atoms with Gasteiger partial charge in [-0.1, -0.05) is 36.4 Å². The molecule has 0 radical (unpaired) electrons. The van der Waals surface area contributed by atoms with Crippen LogP contribution in [0.15, 0.2) is 97.6 Å². The van der Waals surface area contributed by atoms with Crippen molar-refractivity contribution in [1.82, 2.24) is 19.9 Å². The van der Waals surface area contributed by atoms with Gasteiger partial charge in [-0.05, 0) is 59.7 Å². The molecule has 0 amide bonds. The van der Waals surface area contributed by atoms with Crippen LogP contribution in [0.3, 0.4) is 0 Å². The summed E-state index contributed by atoms with van der Waals surface area (Å²) < 4.78 is 0. The molecule has 0 N–H and O–H groups in total. The number of nitrogens with zero attached hydrogens (tertiary/aromatic N) is 4. The first kappa shape index (κ1) is 17.5. The maximum Gasteiger partial charge on any atom is 0.0892 e. The summed E-state index contributed by atoms with van der Waals surface area (Å²) in [5.74, 6) is 0. The molecule has 0 saturated heterocycles. The van der Waals surface area contributed by atoms with E-state index in [1.54, 1.807) is 24.8 Å². The van der Waals surface area contributed by atoms with Crippen LogP contribution in [0, 0.1) is 0 Å². The number of hydrogen-bond acceptors (Lipinski definition) is 4. The van der Waals surface area contributed by atoms with Gasteiger partial charge in [0.1, 0.15) is 0 Å². The highest BCUT2D eigenvalue weighted by Gasteiger charge is 2.00. The Kier molecular flexibility index (Phi) is 5.40. The van der Waals surface area contributed by atoms with Crippen LogP contribution in [-0.2, 0) is 0 Å². The SMILES string of the molecule is C(/C=C/c1ccnc(-c2ccccn2)c1)=C\c1ccnc(-c2ccccn2)c1. The second-order valence-corrected chi connectivity index (χ2v) is 6.10. The molecule has 0 aromatic carbocycles. The summed E-state index contributed by atoms with van der Waals surface area (Å²) in [7, 11) is 0. The predicted octanol–water partition coefficient (Wildman–Crippen LogP) is 5.33. The van der Waals surface area contributed by atoms with Crippen molar-refractivity contribution >= 4 is 12.2 Å². The number of pyridine rings is 4. The maximum atomic E-state index is 4.40. The van der Waals surface area contributed by atoms with Crippen molar-refractivity contribution < 1.29 is 0 Å². The predicted molar refractivity (Wildman–Crippen MR) is 113 cm³/mol. The molecule has 0 aliphatic rings. The fourth-order valence-corrected chi connectivity index (χ4v) is 2.74. The molecule has 4 heterocycles. The highest BCUT2D eigenvalue weighted by Crippen LogP contribution is 2.17. The van der Waals surface area contributed by atoms with Gasteiger partial charge in [0, 0.05) is 24.8 Å². The Balaban J connectivity index is 1.48. The molecule has 4 aromatic rings. The van der Waals surface area contributed by atoms with E-state index < -0.39 is 0 Å². The Hall–Kier alpha value is -3.92. The first-order valence-corrected chi connectivity index (χ1v) is 8.98. The third-order valence-electron chi connectivity index (χ3n) is 4.11. The third kappa shape index (κ3) is 4.43.